The van der Waals surface area contributed by atoms with Gasteiger partial charge < -0.3 is 5.73 Å². The predicted molar refractivity (Wildman–Crippen MR) is 61.2 cm³/mol. The largest absolute Gasteiger partial charge is 0.398 e. The van der Waals surface area contributed by atoms with Gasteiger partial charge in [0, 0.05) is 5.69 Å². The van der Waals surface area contributed by atoms with Crippen LogP contribution < -0.4 is 5.73 Å². The standard InChI is InChI=1S/C13H18FN/c1-13(7-3-2-4-8-13)11-9-10(14)5-6-12(11)15/h5-6,9H,2-4,7-8,15H2,1H3. The minimum absolute atomic E-state index is 0.0877. The second-order valence-electron chi connectivity index (χ2n) is 4.85. The fraction of sp³-hybridized carbons (Fsp3) is 0.538. The van der Waals surface area contributed by atoms with Gasteiger partial charge in [0.2, 0.25) is 0 Å². The summed E-state index contributed by atoms with van der Waals surface area (Å²) < 4.78 is 13.2. The summed E-state index contributed by atoms with van der Waals surface area (Å²) in [6, 6.07) is 4.73. The minimum Gasteiger partial charge on any atom is -0.398 e. The molecule has 2 rings (SSSR count). The highest BCUT2D eigenvalue weighted by Gasteiger charge is 2.30. The van der Waals surface area contributed by atoms with Gasteiger partial charge in [-0.3, -0.25) is 0 Å². The van der Waals surface area contributed by atoms with Crippen molar-refractivity contribution in [3.05, 3.63) is 29.6 Å². The molecule has 1 aromatic rings. The van der Waals surface area contributed by atoms with Crippen molar-refractivity contribution in [2.75, 3.05) is 5.73 Å². The lowest BCUT2D eigenvalue weighted by atomic mass is 9.70. The number of hydrogen-bond donors (Lipinski definition) is 1. The minimum atomic E-state index is -0.175. The highest BCUT2D eigenvalue weighted by Crippen LogP contribution is 2.41. The first-order valence-electron chi connectivity index (χ1n) is 5.67. The number of halogens is 1. The maximum absolute atomic E-state index is 13.2. The second kappa shape index (κ2) is 3.84. The molecule has 0 bridgehead atoms. The summed E-state index contributed by atoms with van der Waals surface area (Å²) in [6.07, 6.45) is 6.00. The first-order chi connectivity index (χ1) is 7.12. The summed E-state index contributed by atoms with van der Waals surface area (Å²) in [6.45, 7) is 2.21. The molecule has 0 aliphatic heterocycles. The van der Waals surface area contributed by atoms with Crippen LogP contribution in [0.15, 0.2) is 18.2 Å². The molecule has 0 radical (unpaired) electrons. The van der Waals surface area contributed by atoms with Crippen LogP contribution in [0.1, 0.15) is 44.6 Å². The van der Waals surface area contributed by atoms with E-state index in [1.54, 1.807) is 12.1 Å². The Morgan fingerprint density at radius 3 is 2.53 bits per heavy atom. The van der Waals surface area contributed by atoms with Gasteiger partial charge in [-0.2, -0.15) is 0 Å². The Kier molecular flexibility index (Phi) is 2.68. The van der Waals surface area contributed by atoms with E-state index in [4.69, 9.17) is 5.73 Å². The molecule has 1 saturated carbocycles. The molecule has 1 nitrogen and oxygen atoms in total. The molecule has 0 heterocycles. The second-order valence-corrected chi connectivity index (χ2v) is 4.85. The molecule has 0 aromatic heterocycles. The smallest absolute Gasteiger partial charge is 0.123 e. The summed E-state index contributed by atoms with van der Waals surface area (Å²) >= 11 is 0. The van der Waals surface area contributed by atoms with Crippen molar-refractivity contribution in [1.29, 1.82) is 0 Å². The molecule has 1 aromatic carbocycles. The molecule has 15 heavy (non-hydrogen) atoms. The molecule has 82 valence electrons. The Morgan fingerprint density at radius 2 is 1.87 bits per heavy atom. The van der Waals surface area contributed by atoms with Gasteiger partial charge in [-0.1, -0.05) is 26.2 Å². The molecule has 0 amide bonds. The van der Waals surface area contributed by atoms with Crippen LogP contribution in [0.5, 0.6) is 0 Å². The highest BCUT2D eigenvalue weighted by atomic mass is 19.1. The van der Waals surface area contributed by atoms with E-state index in [1.807, 2.05) is 0 Å². The molecule has 1 aliphatic rings. The zero-order valence-corrected chi connectivity index (χ0v) is 9.22. The molecule has 1 aliphatic carbocycles. The molecule has 2 heteroatoms. The molecule has 0 saturated heterocycles. The van der Waals surface area contributed by atoms with Gasteiger partial charge in [0.05, 0.1) is 0 Å². The maximum atomic E-state index is 13.2. The highest BCUT2D eigenvalue weighted by molar-refractivity contribution is 5.50. The van der Waals surface area contributed by atoms with Crippen molar-refractivity contribution in [3.63, 3.8) is 0 Å². The van der Waals surface area contributed by atoms with Gasteiger partial charge in [0.15, 0.2) is 0 Å². The van der Waals surface area contributed by atoms with Gasteiger partial charge in [-0.05, 0) is 42.0 Å². The third-order valence-corrected chi connectivity index (χ3v) is 3.62. The quantitative estimate of drug-likeness (QED) is 0.699. The Hall–Kier alpha value is -1.05. The van der Waals surface area contributed by atoms with Crippen LogP contribution in [0, 0.1) is 5.82 Å². The van der Waals surface area contributed by atoms with Gasteiger partial charge in [-0.25, -0.2) is 4.39 Å². The first kappa shape index (κ1) is 10.5. The predicted octanol–water partition coefficient (Wildman–Crippen LogP) is 3.63. The number of benzene rings is 1. The number of nitrogens with two attached hydrogens (primary N) is 1. The van der Waals surface area contributed by atoms with Crippen LogP contribution in [0.3, 0.4) is 0 Å². The van der Waals surface area contributed by atoms with Crippen molar-refractivity contribution in [2.45, 2.75) is 44.4 Å². The normalized spacial score (nSPS) is 20.1. The van der Waals surface area contributed by atoms with Crippen molar-refractivity contribution >= 4 is 5.69 Å². The number of anilines is 1. The summed E-state index contributed by atoms with van der Waals surface area (Å²) in [5.74, 6) is -0.175. The van der Waals surface area contributed by atoms with Crippen molar-refractivity contribution in [1.82, 2.24) is 0 Å². The van der Waals surface area contributed by atoms with E-state index < -0.39 is 0 Å². The molecular weight excluding hydrogens is 189 g/mol. The average molecular weight is 207 g/mol. The summed E-state index contributed by atoms with van der Waals surface area (Å²) in [4.78, 5) is 0. The third-order valence-electron chi connectivity index (χ3n) is 3.62. The molecule has 0 spiro atoms. The van der Waals surface area contributed by atoms with Crippen molar-refractivity contribution in [2.24, 2.45) is 0 Å². The topological polar surface area (TPSA) is 26.0 Å². The van der Waals surface area contributed by atoms with E-state index in [1.165, 1.54) is 25.3 Å². The van der Waals surface area contributed by atoms with Gasteiger partial charge in [0.1, 0.15) is 5.82 Å². The Morgan fingerprint density at radius 1 is 1.20 bits per heavy atom. The monoisotopic (exact) mass is 207 g/mol. The summed E-state index contributed by atoms with van der Waals surface area (Å²) in [7, 11) is 0. The molecule has 2 N–H and O–H groups in total. The Bertz CT molecular complexity index is 354. The fourth-order valence-electron chi connectivity index (χ4n) is 2.65. The Labute approximate surface area is 90.5 Å². The van der Waals surface area contributed by atoms with Crippen LogP contribution in [0.2, 0.25) is 0 Å². The molecule has 0 unspecified atom stereocenters. The van der Waals surface area contributed by atoms with E-state index in [0.717, 1.165) is 24.1 Å². The van der Waals surface area contributed by atoms with E-state index in [2.05, 4.69) is 6.92 Å². The van der Waals surface area contributed by atoms with Crippen LogP contribution in [-0.2, 0) is 5.41 Å². The summed E-state index contributed by atoms with van der Waals surface area (Å²) in [5, 5.41) is 0. The van der Waals surface area contributed by atoms with E-state index >= 15 is 0 Å². The van der Waals surface area contributed by atoms with Gasteiger partial charge >= 0.3 is 0 Å². The van der Waals surface area contributed by atoms with E-state index in [-0.39, 0.29) is 11.2 Å². The number of nitrogen functional groups attached to an aromatic ring is 1. The SMILES string of the molecule is CC1(c2cc(F)ccc2N)CCCCC1. The average Bonchev–Trinajstić information content (AvgIpc) is 2.23. The van der Waals surface area contributed by atoms with Crippen LogP contribution >= 0.6 is 0 Å². The van der Waals surface area contributed by atoms with Crippen molar-refractivity contribution < 1.29 is 4.39 Å². The van der Waals surface area contributed by atoms with E-state index in [0.29, 0.717) is 0 Å². The Balaban J connectivity index is 2.38. The fourth-order valence-corrected chi connectivity index (χ4v) is 2.65. The van der Waals surface area contributed by atoms with E-state index in [9.17, 15) is 4.39 Å². The van der Waals surface area contributed by atoms with Gasteiger partial charge in [-0.15, -0.1) is 0 Å². The van der Waals surface area contributed by atoms with Crippen molar-refractivity contribution in [3.8, 4) is 0 Å². The first-order valence-corrected chi connectivity index (χ1v) is 5.67. The lowest BCUT2D eigenvalue weighted by molar-refractivity contribution is 0.319. The third kappa shape index (κ3) is 1.99. The maximum Gasteiger partial charge on any atom is 0.123 e. The van der Waals surface area contributed by atoms with Crippen LogP contribution in [-0.4, -0.2) is 0 Å². The lowest BCUT2D eigenvalue weighted by Gasteiger charge is -2.35. The van der Waals surface area contributed by atoms with Crippen LogP contribution in [0.25, 0.3) is 0 Å². The van der Waals surface area contributed by atoms with Crippen LogP contribution in [0.4, 0.5) is 10.1 Å². The molecular formula is C13H18FN. The summed E-state index contributed by atoms with van der Waals surface area (Å²) in [5.41, 5.74) is 7.77. The molecule has 0 atom stereocenters. The number of rotatable bonds is 1. The molecule has 1 fully saturated rings. The van der Waals surface area contributed by atoms with Gasteiger partial charge in [0.25, 0.3) is 0 Å². The zero-order valence-electron chi connectivity index (χ0n) is 9.22. The lowest BCUT2D eigenvalue weighted by Crippen LogP contribution is -2.26. The zero-order chi connectivity index (χ0) is 10.9. The number of hydrogen-bond acceptors (Lipinski definition) is 1.